The van der Waals surface area contributed by atoms with Crippen molar-refractivity contribution in [1.82, 2.24) is 19.9 Å². The molecule has 1 saturated heterocycles. The molecule has 3 amide bonds. The molecule has 1 N–H and O–H groups in total. The zero-order chi connectivity index (χ0) is 21.4. The van der Waals surface area contributed by atoms with E-state index in [-0.39, 0.29) is 30.6 Å². The number of fused-ring (bicyclic) bond motifs is 1. The van der Waals surface area contributed by atoms with Gasteiger partial charge < -0.3 is 9.47 Å². The van der Waals surface area contributed by atoms with E-state index in [1.807, 2.05) is 36.7 Å². The van der Waals surface area contributed by atoms with E-state index >= 15 is 0 Å². The number of hydrogen-bond donors (Lipinski definition) is 1. The molecule has 5 rings (SSSR count). The number of carbonyl (C=O) groups excluding carboxylic acids is 3. The minimum absolute atomic E-state index is 0.0829. The molecule has 0 aliphatic carbocycles. The van der Waals surface area contributed by atoms with Crippen LogP contribution in [0.2, 0.25) is 0 Å². The van der Waals surface area contributed by atoms with E-state index in [1.54, 1.807) is 29.2 Å². The van der Waals surface area contributed by atoms with E-state index in [4.69, 9.17) is 0 Å². The van der Waals surface area contributed by atoms with Crippen LogP contribution >= 0.6 is 0 Å². The minimum Gasteiger partial charge on any atom is -0.332 e. The van der Waals surface area contributed by atoms with Crippen molar-refractivity contribution in [3.63, 3.8) is 0 Å². The Labute approximate surface area is 179 Å². The van der Waals surface area contributed by atoms with Crippen molar-refractivity contribution in [1.29, 1.82) is 0 Å². The minimum atomic E-state index is -0.196. The van der Waals surface area contributed by atoms with Gasteiger partial charge >= 0.3 is 0 Å². The number of imidazole rings is 1. The Bertz CT molecular complexity index is 1150. The number of anilines is 1. The molecule has 0 unspecified atom stereocenters. The van der Waals surface area contributed by atoms with Crippen LogP contribution in [-0.4, -0.2) is 38.7 Å². The highest BCUT2D eigenvalue weighted by Gasteiger charge is 2.27. The molecular weight excluding hydrogens is 394 g/mol. The SMILES string of the molecule is O=C1CCC(=O)N(c2ccc(C(=O)N3CCc4c(ncn4-c4ccccc4)C3)cc2)N1. The maximum absolute atomic E-state index is 13.0. The van der Waals surface area contributed by atoms with Gasteiger partial charge in [0.2, 0.25) is 11.8 Å². The van der Waals surface area contributed by atoms with Crippen molar-refractivity contribution >= 4 is 23.4 Å². The van der Waals surface area contributed by atoms with E-state index < -0.39 is 0 Å². The fraction of sp³-hybridized carbons (Fsp3) is 0.217. The first-order chi connectivity index (χ1) is 15.1. The lowest BCUT2D eigenvalue weighted by atomic mass is 10.1. The van der Waals surface area contributed by atoms with Gasteiger partial charge in [-0.1, -0.05) is 18.2 Å². The van der Waals surface area contributed by atoms with E-state index in [0.717, 1.165) is 23.5 Å². The Morgan fingerprint density at radius 3 is 2.45 bits per heavy atom. The molecule has 0 radical (unpaired) electrons. The van der Waals surface area contributed by atoms with Gasteiger partial charge in [-0.25, -0.2) is 9.99 Å². The van der Waals surface area contributed by atoms with Crippen LogP contribution in [0.3, 0.4) is 0 Å². The number of carbonyl (C=O) groups is 3. The smallest absolute Gasteiger partial charge is 0.254 e. The normalized spacial score (nSPS) is 16.1. The summed E-state index contributed by atoms with van der Waals surface area (Å²) in [6, 6.07) is 16.8. The number of nitrogens with one attached hydrogen (secondary N) is 1. The summed E-state index contributed by atoms with van der Waals surface area (Å²) in [5.74, 6) is -0.449. The van der Waals surface area contributed by atoms with Gasteiger partial charge in [0.1, 0.15) is 0 Å². The Kier molecular flexibility index (Phi) is 4.74. The van der Waals surface area contributed by atoms with Gasteiger partial charge in [-0.2, -0.15) is 0 Å². The summed E-state index contributed by atoms with van der Waals surface area (Å²) in [5.41, 5.74) is 6.73. The van der Waals surface area contributed by atoms with Crippen LogP contribution in [0.15, 0.2) is 60.9 Å². The van der Waals surface area contributed by atoms with E-state index in [2.05, 4.69) is 15.0 Å². The average molecular weight is 415 g/mol. The highest BCUT2D eigenvalue weighted by Crippen LogP contribution is 2.24. The van der Waals surface area contributed by atoms with Crippen LogP contribution in [0.5, 0.6) is 0 Å². The number of aromatic nitrogens is 2. The van der Waals surface area contributed by atoms with Crippen molar-refractivity contribution < 1.29 is 14.4 Å². The third-order valence-electron chi connectivity index (χ3n) is 5.66. The number of hydrazine groups is 1. The number of rotatable bonds is 3. The number of amides is 3. The highest BCUT2D eigenvalue weighted by atomic mass is 16.2. The summed E-state index contributed by atoms with van der Waals surface area (Å²) < 4.78 is 2.08. The molecule has 2 aliphatic heterocycles. The lowest BCUT2D eigenvalue weighted by Gasteiger charge is -2.28. The highest BCUT2D eigenvalue weighted by molar-refractivity contribution is 6.01. The Hall–Kier alpha value is -3.94. The first-order valence-electron chi connectivity index (χ1n) is 10.2. The molecule has 3 heterocycles. The molecule has 0 saturated carbocycles. The standard InChI is InChI=1S/C23H21N5O3/c29-21-10-11-22(30)28(25-21)18-8-6-16(7-9-18)23(31)26-13-12-20-19(14-26)24-15-27(20)17-4-2-1-3-5-17/h1-9,15H,10-14H2,(H,25,29). The van der Waals surface area contributed by atoms with Gasteiger partial charge in [0.25, 0.3) is 5.91 Å². The van der Waals surface area contributed by atoms with Crippen LogP contribution in [0.1, 0.15) is 34.6 Å². The van der Waals surface area contributed by atoms with Crippen molar-refractivity contribution in [2.75, 3.05) is 11.6 Å². The second-order valence-corrected chi connectivity index (χ2v) is 7.63. The van der Waals surface area contributed by atoms with Gasteiger partial charge in [-0.05, 0) is 36.4 Å². The summed E-state index contributed by atoms with van der Waals surface area (Å²) in [6.07, 6.45) is 2.91. The van der Waals surface area contributed by atoms with Gasteiger partial charge in [-0.3, -0.25) is 19.8 Å². The summed E-state index contributed by atoms with van der Waals surface area (Å²) >= 11 is 0. The molecule has 2 aliphatic rings. The molecule has 156 valence electrons. The molecule has 8 nitrogen and oxygen atoms in total. The van der Waals surface area contributed by atoms with Gasteiger partial charge in [-0.15, -0.1) is 0 Å². The second-order valence-electron chi connectivity index (χ2n) is 7.63. The van der Waals surface area contributed by atoms with Crippen LogP contribution < -0.4 is 10.4 Å². The summed E-state index contributed by atoms with van der Waals surface area (Å²) in [4.78, 5) is 43.0. The Balaban J connectivity index is 1.31. The number of hydrogen-bond acceptors (Lipinski definition) is 4. The molecule has 0 atom stereocenters. The maximum atomic E-state index is 13.0. The summed E-state index contributed by atoms with van der Waals surface area (Å²) in [7, 11) is 0. The third-order valence-corrected chi connectivity index (χ3v) is 5.66. The molecule has 0 spiro atoms. The summed E-state index contributed by atoms with van der Waals surface area (Å²) in [6.45, 7) is 1.06. The van der Waals surface area contributed by atoms with Gasteiger partial charge in [0, 0.05) is 42.8 Å². The predicted molar refractivity (Wildman–Crippen MR) is 113 cm³/mol. The predicted octanol–water partition coefficient (Wildman–Crippen LogP) is 2.23. The largest absolute Gasteiger partial charge is 0.332 e. The summed E-state index contributed by atoms with van der Waals surface area (Å²) in [5, 5.41) is 1.24. The van der Waals surface area contributed by atoms with Crippen LogP contribution in [-0.2, 0) is 22.6 Å². The van der Waals surface area contributed by atoms with E-state index in [0.29, 0.717) is 24.3 Å². The number of benzene rings is 2. The maximum Gasteiger partial charge on any atom is 0.254 e. The van der Waals surface area contributed by atoms with Crippen molar-refractivity contribution in [2.45, 2.75) is 25.8 Å². The molecule has 1 aromatic heterocycles. The van der Waals surface area contributed by atoms with Crippen molar-refractivity contribution in [3.05, 3.63) is 77.9 Å². The van der Waals surface area contributed by atoms with Gasteiger partial charge in [0.15, 0.2) is 0 Å². The third kappa shape index (κ3) is 3.56. The van der Waals surface area contributed by atoms with E-state index in [1.165, 1.54) is 5.01 Å². The van der Waals surface area contributed by atoms with E-state index in [9.17, 15) is 14.4 Å². The topological polar surface area (TPSA) is 87.5 Å². The lowest BCUT2D eigenvalue weighted by molar-refractivity contribution is -0.130. The van der Waals surface area contributed by atoms with Crippen LogP contribution in [0, 0.1) is 0 Å². The fourth-order valence-electron chi connectivity index (χ4n) is 4.01. The van der Waals surface area contributed by atoms with Gasteiger partial charge in [0.05, 0.1) is 24.3 Å². The molecule has 1 fully saturated rings. The first-order valence-corrected chi connectivity index (χ1v) is 10.2. The lowest BCUT2D eigenvalue weighted by Crippen LogP contribution is -2.50. The Morgan fingerprint density at radius 1 is 0.903 bits per heavy atom. The van der Waals surface area contributed by atoms with Crippen molar-refractivity contribution in [3.8, 4) is 5.69 Å². The molecule has 31 heavy (non-hydrogen) atoms. The first kappa shape index (κ1) is 19.0. The number of para-hydroxylation sites is 1. The van der Waals surface area contributed by atoms with Crippen LogP contribution in [0.25, 0.3) is 5.69 Å². The van der Waals surface area contributed by atoms with Crippen molar-refractivity contribution in [2.24, 2.45) is 0 Å². The molecule has 3 aromatic rings. The fourth-order valence-corrected chi connectivity index (χ4v) is 4.01. The quantitative estimate of drug-likeness (QED) is 0.711. The zero-order valence-electron chi connectivity index (χ0n) is 16.8. The average Bonchev–Trinajstić information content (AvgIpc) is 3.24. The second kappa shape index (κ2) is 7.71. The molecular formula is C23H21N5O3. The Morgan fingerprint density at radius 2 is 1.68 bits per heavy atom. The molecule has 8 heteroatoms. The monoisotopic (exact) mass is 415 g/mol. The van der Waals surface area contributed by atoms with Crippen LogP contribution in [0.4, 0.5) is 5.69 Å². The molecule has 2 aromatic carbocycles. The zero-order valence-corrected chi connectivity index (χ0v) is 16.8. The molecule has 0 bridgehead atoms. The number of nitrogens with zero attached hydrogens (tertiary/aromatic N) is 4.